The molecule has 0 aromatic heterocycles. The summed E-state index contributed by atoms with van der Waals surface area (Å²) in [6.07, 6.45) is 1.01. The van der Waals surface area contributed by atoms with Crippen LogP contribution in [0.4, 0.5) is 0 Å². The maximum absolute atomic E-state index is 11.6. The zero-order valence-electron chi connectivity index (χ0n) is 11.6. The number of nitrogens with one attached hydrogen (secondary N) is 1. The van der Waals surface area contributed by atoms with Crippen LogP contribution in [0, 0.1) is 5.41 Å². The summed E-state index contributed by atoms with van der Waals surface area (Å²) in [5.41, 5.74) is 0.617. The van der Waals surface area contributed by atoms with E-state index in [1.807, 2.05) is 0 Å². The number of hydrogen-bond acceptors (Lipinski definition) is 3. The lowest BCUT2D eigenvalue weighted by atomic mass is 9.86. The Labute approximate surface area is 119 Å². The second kappa shape index (κ2) is 5.13. The minimum absolute atomic E-state index is 0.0206. The number of thioether (sulfide) groups is 1. The van der Waals surface area contributed by atoms with Crippen molar-refractivity contribution in [2.24, 2.45) is 10.4 Å². The van der Waals surface area contributed by atoms with Crippen molar-refractivity contribution in [3.05, 3.63) is 12.2 Å². The Balaban J connectivity index is 2.86. The van der Waals surface area contributed by atoms with Gasteiger partial charge < -0.3 is 0 Å². The standard InChI is InChI=1S/C13H20N2OS2/c1-8-9(16)14-11(17)15-10(8)18-13(5,6)7-12(2,3)4/h1,7H2,2-6H3,(H,14,16,17). The van der Waals surface area contributed by atoms with E-state index in [0.29, 0.717) is 10.6 Å². The van der Waals surface area contributed by atoms with Crippen LogP contribution in [0.2, 0.25) is 0 Å². The Morgan fingerprint density at radius 1 is 1.33 bits per heavy atom. The van der Waals surface area contributed by atoms with Gasteiger partial charge in [0.25, 0.3) is 5.91 Å². The molecule has 3 nitrogen and oxygen atoms in total. The van der Waals surface area contributed by atoms with Gasteiger partial charge in [0.15, 0.2) is 0 Å². The van der Waals surface area contributed by atoms with Crippen molar-refractivity contribution < 1.29 is 4.79 Å². The number of aliphatic imine (C=N–C) groups is 1. The van der Waals surface area contributed by atoms with Crippen LogP contribution in [0.3, 0.4) is 0 Å². The van der Waals surface area contributed by atoms with Gasteiger partial charge in [-0.3, -0.25) is 10.1 Å². The molecule has 0 bridgehead atoms. The third-order valence-electron chi connectivity index (χ3n) is 2.28. The Bertz CT molecular complexity index is 431. The average Bonchev–Trinajstić information content (AvgIpc) is 2.08. The molecule has 0 aromatic rings. The largest absolute Gasteiger partial charge is 0.297 e. The molecule has 0 radical (unpaired) electrons. The Hall–Kier alpha value is -0.680. The maximum Gasteiger partial charge on any atom is 0.259 e. The van der Waals surface area contributed by atoms with Gasteiger partial charge >= 0.3 is 0 Å². The lowest BCUT2D eigenvalue weighted by molar-refractivity contribution is -0.115. The van der Waals surface area contributed by atoms with E-state index >= 15 is 0 Å². The van der Waals surface area contributed by atoms with Crippen LogP contribution >= 0.6 is 24.0 Å². The molecule has 1 aliphatic rings. The predicted octanol–water partition coefficient (Wildman–Crippen LogP) is 3.30. The lowest BCUT2D eigenvalue weighted by Crippen LogP contribution is -2.37. The second-order valence-corrected chi connectivity index (χ2v) is 8.34. The first kappa shape index (κ1) is 15.4. The Kier molecular flexibility index (Phi) is 4.38. The molecule has 0 fully saturated rings. The zero-order chi connectivity index (χ0) is 14.1. The van der Waals surface area contributed by atoms with Gasteiger partial charge in [0.05, 0.1) is 5.57 Å². The van der Waals surface area contributed by atoms with Gasteiger partial charge in [-0.15, -0.1) is 0 Å². The van der Waals surface area contributed by atoms with Crippen LogP contribution in [0.1, 0.15) is 41.0 Å². The third kappa shape index (κ3) is 4.53. The SMILES string of the molecule is C=C1C(=O)NC(=S)N=C1SC(C)(C)CC(C)(C)C. The van der Waals surface area contributed by atoms with Gasteiger partial charge in [0.1, 0.15) is 5.04 Å². The highest BCUT2D eigenvalue weighted by Crippen LogP contribution is 2.38. The quantitative estimate of drug-likeness (QED) is 0.625. The summed E-state index contributed by atoms with van der Waals surface area (Å²) >= 11 is 6.51. The van der Waals surface area contributed by atoms with Crippen molar-refractivity contribution in [1.29, 1.82) is 0 Å². The molecule has 1 amide bonds. The molecule has 1 N–H and O–H groups in total. The lowest BCUT2D eigenvalue weighted by Gasteiger charge is -2.32. The first-order chi connectivity index (χ1) is 8.00. The van der Waals surface area contributed by atoms with Gasteiger partial charge in [0, 0.05) is 4.75 Å². The topological polar surface area (TPSA) is 41.5 Å². The van der Waals surface area contributed by atoms with Crippen LogP contribution in [0.5, 0.6) is 0 Å². The highest BCUT2D eigenvalue weighted by atomic mass is 32.2. The number of carbonyl (C=O) groups excluding carboxylic acids is 1. The molecule has 0 spiro atoms. The molecular weight excluding hydrogens is 264 g/mol. The van der Waals surface area contributed by atoms with E-state index in [4.69, 9.17) is 12.2 Å². The highest BCUT2D eigenvalue weighted by Gasteiger charge is 2.31. The second-order valence-electron chi connectivity index (χ2n) is 6.25. The van der Waals surface area contributed by atoms with Gasteiger partial charge in [-0.05, 0) is 24.1 Å². The van der Waals surface area contributed by atoms with Crippen molar-refractivity contribution in [2.45, 2.75) is 45.8 Å². The van der Waals surface area contributed by atoms with Crippen molar-refractivity contribution in [1.82, 2.24) is 5.32 Å². The first-order valence-corrected chi connectivity index (χ1v) is 7.05. The Morgan fingerprint density at radius 3 is 2.39 bits per heavy atom. The molecular formula is C13H20N2OS2. The van der Waals surface area contributed by atoms with Crippen molar-refractivity contribution in [2.75, 3.05) is 0 Å². The molecule has 1 aliphatic heterocycles. The summed E-state index contributed by atoms with van der Waals surface area (Å²) in [6.45, 7) is 14.7. The predicted molar refractivity (Wildman–Crippen MR) is 83.1 cm³/mol. The molecule has 0 unspecified atom stereocenters. The zero-order valence-corrected chi connectivity index (χ0v) is 13.2. The summed E-state index contributed by atoms with van der Waals surface area (Å²) in [7, 11) is 0. The average molecular weight is 284 g/mol. The van der Waals surface area contributed by atoms with Crippen LogP contribution in [0.25, 0.3) is 0 Å². The van der Waals surface area contributed by atoms with Gasteiger partial charge in [-0.2, -0.15) is 0 Å². The molecule has 0 aromatic carbocycles. The van der Waals surface area contributed by atoms with E-state index in [0.717, 1.165) is 6.42 Å². The van der Waals surface area contributed by atoms with E-state index in [-0.39, 0.29) is 21.2 Å². The fourth-order valence-electron chi connectivity index (χ4n) is 2.12. The third-order valence-corrected chi connectivity index (χ3v) is 3.71. The molecule has 5 heteroatoms. The Morgan fingerprint density at radius 2 is 1.89 bits per heavy atom. The smallest absolute Gasteiger partial charge is 0.259 e. The van der Waals surface area contributed by atoms with Crippen LogP contribution in [0.15, 0.2) is 17.1 Å². The number of carbonyl (C=O) groups is 1. The summed E-state index contributed by atoms with van der Waals surface area (Å²) < 4.78 is -0.0206. The maximum atomic E-state index is 11.6. The molecule has 1 rings (SSSR count). The van der Waals surface area contributed by atoms with E-state index in [1.165, 1.54) is 0 Å². The summed E-state index contributed by atoms with van der Waals surface area (Å²) in [5, 5.41) is 3.35. The molecule has 0 saturated heterocycles. The fourth-order valence-corrected chi connectivity index (χ4v) is 3.74. The van der Waals surface area contributed by atoms with Crippen molar-refractivity contribution in [3.63, 3.8) is 0 Å². The molecule has 0 atom stereocenters. The number of thiocarbonyl (C=S) groups is 1. The monoisotopic (exact) mass is 284 g/mol. The molecule has 100 valence electrons. The molecule has 18 heavy (non-hydrogen) atoms. The number of amides is 1. The van der Waals surface area contributed by atoms with Gasteiger partial charge in [-0.25, -0.2) is 4.99 Å². The summed E-state index contributed by atoms with van der Waals surface area (Å²) in [5.74, 6) is -0.246. The van der Waals surface area contributed by atoms with Gasteiger partial charge in [0.2, 0.25) is 5.11 Å². The number of rotatable bonds is 2. The normalized spacial score (nSPS) is 17.6. The molecule has 1 heterocycles. The van der Waals surface area contributed by atoms with Crippen molar-refractivity contribution >= 4 is 40.0 Å². The number of hydrogen-bond donors (Lipinski definition) is 1. The minimum atomic E-state index is -0.246. The van der Waals surface area contributed by atoms with Gasteiger partial charge in [-0.1, -0.05) is 53.0 Å². The number of nitrogens with zero attached hydrogens (tertiary/aromatic N) is 1. The van der Waals surface area contributed by atoms with Crippen LogP contribution in [-0.4, -0.2) is 20.8 Å². The highest BCUT2D eigenvalue weighted by molar-refractivity contribution is 8.15. The van der Waals surface area contributed by atoms with Crippen molar-refractivity contribution in [3.8, 4) is 0 Å². The van der Waals surface area contributed by atoms with Crippen LogP contribution < -0.4 is 5.32 Å². The van der Waals surface area contributed by atoms with E-state index < -0.39 is 0 Å². The first-order valence-electron chi connectivity index (χ1n) is 5.82. The summed E-state index contributed by atoms with van der Waals surface area (Å²) in [4.78, 5) is 15.8. The molecule has 0 saturated carbocycles. The minimum Gasteiger partial charge on any atom is -0.297 e. The summed E-state index contributed by atoms with van der Waals surface area (Å²) in [6, 6.07) is 0. The fraction of sp³-hybridized carbons (Fsp3) is 0.615. The van der Waals surface area contributed by atoms with E-state index in [1.54, 1.807) is 11.8 Å². The van der Waals surface area contributed by atoms with Crippen LogP contribution in [-0.2, 0) is 4.79 Å². The van der Waals surface area contributed by atoms with E-state index in [2.05, 4.69) is 51.5 Å². The molecule has 0 aliphatic carbocycles. The van der Waals surface area contributed by atoms with E-state index in [9.17, 15) is 4.79 Å².